The molecule has 0 heterocycles. The number of benzene rings is 2. The summed E-state index contributed by atoms with van der Waals surface area (Å²) in [6.45, 7) is 0. The van der Waals surface area contributed by atoms with Gasteiger partial charge in [0, 0.05) is 5.56 Å². The van der Waals surface area contributed by atoms with Crippen LogP contribution in [0, 0.1) is 23.2 Å². The van der Waals surface area contributed by atoms with E-state index in [1.165, 1.54) is 19.3 Å². The van der Waals surface area contributed by atoms with Crippen LogP contribution in [0.1, 0.15) is 48.9 Å². The van der Waals surface area contributed by atoms with E-state index in [-0.39, 0.29) is 17.2 Å². The molecule has 5 nitrogen and oxygen atoms in total. The maximum absolute atomic E-state index is 12.9. The summed E-state index contributed by atoms with van der Waals surface area (Å²) in [5.41, 5.74) is 5.55. The second kappa shape index (κ2) is 7.21. The van der Waals surface area contributed by atoms with Crippen LogP contribution in [0.2, 0.25) is 0 Å². The van der Waals surface area contributed by atoms with Crippen molar-refractivity contribution in [2.45, 2.75) is 38.5 Å². The van der Waals surface area contributed by atoms with Crippen molar-refractivity contribution in [2.24, 2.45) is 23.2 Å². The average molecular weight is 390 g/mol. The summed E-state index contributed by atoms with van der Waals surface area (Å²) in [4.78, 5) is 25.4. The summed E-state index contributed by atoms with van der Waals surface area (Å²) in [6.07, 6.45) is 6.80. The molecule has 2 aromatic rings. The summed E-state index contributed by atoms with van der Waals surface area (Å²) in [6, 6.07) is 16.4. The number of ether oxygens (including phenoxy) is 1. The Balaban J connectivity index is 1.18. The van der Waals surface area contributed by atoms with Crippen molar-refractivity contribution in [3.05, 3.63) is 60.2 Å². The highest BCUT2D eigenvalue weighted by molar-refractivity contribution is 5.96. The summed E-state index contributed by atoms with van der Waals surface area (Å²) < 4.78 is 5.75. The number of amides is 2. The van der Waals surface area contributed by atoms with Crippen molar-refractivity contribution in [3.63, 3.8) is 0 Å². The third-order valence-electron chi connectivity index (χ3n) is 6.90. The van der Waals surface area contributed by atoms with Gasteiger partial charge in [-0.15, -0.1) is 0 Å². The van der Waals surface area contributed by atoms with Gasteiger partial charge in [-0.25, -0.2) is 0 Å². The Hall–Kier alpha value is -2.82. The summed E-state index contributed by atoms with van der Waals surface area (Å²) in [5.74, 6) is 3.17. The molecule has 0 atom stereocenters. The number of hydrogen-bond acceptors (Lipinski definition) is 3. The van der Waals surface area contributed by atoms with Crippen LogP contribution in [0.4, 0.5) is 0 Å². The summed E-state index contributed by atoms with van der Waals surface area (Å²) in [5, 5.41) is 0. The van der Waals surface area contributed by atoms with E-state index in [2.05, 4.69) is 10.9 Å². The molecule has 5 heteroatoms. The first-order chi connectivity index (χ1) is 14.1. The third-order valence-corrected chi connectivity index (χ3v) is 6.90. The number of hydrogen-bond donors (Lipinski definition) is 2. The number of hydrazine groups is 1. The molecule has 2 aromatic carbocycles. The van der Waals surface area contributed by atoms with E-state index in [0.717, 1.165) is 25.0 Å². The van der Waals surface area contributed by atoms with E-state index in [9.17, 15) is 9.59 Å². The van der Waals surface area contributed by atoms with Gasteiger partial charge in [0.2, 0.25) is 5.91 Å². The maximum Gasteiger partial charge on any atom is 0.269 e. The predicted molar refractivity (Wildman–Crippen MR) is 109 cm³/mol. The molecule has 6 rings (SSSR count). The van der Waals surface area contributed by atoms with Gasteiger partial charge in [-0.2, -0.15) is 0 Å². The summed E-state index contributed by atoms with van der Waals surface area (Å²) in [7, 11) is 0. The number of para-hydroxylation sites is 1. The minimum Gasteiger partial charge on any atom is -0.457 e. The Morgan fingerprint density at radius 2 is 1.31 bits per heavy atom. The minimum atomic E-state index is -0.311. The molecule has 0 radical (unpaired) electrons. The molecule has 4 aliphatic rings. The molecule has 150 valence electrons. The van der Waals surface area contributed by atoms with Crippen molar-refractivity contribution >= 4 is 11.8 Å². The van der Waals surface area contributed by atoms with E-state index < -0.39 is 0 Å². The van der Waals surface area contributed by atoms with Gasteiger partial charge in [-0.1, -0.05) is 18.2 Å². The first-order valence-corrected chi connectivity index (χ1v) is 10.5. The lowest BCUT2D eigenvalue weighted by molar-refractivity contribution is -0.147. The lowest BCUT2D eigenvalue weighted by atomic mass is 9.49. The zero-order valence-electron chi connectivity index (χ0n) is 16.4. The minimum absolute atomic E-state index is 0.00557. The monoisotopic (exact) mass is 390 g/mol. The molecule has 0 saturated heterocycles. The SMILES string of the molecule is O=C(NNC(=O)C12CC3CC(CC(C3)C1)C2)c1ccc(Oc2ccccc2)cc1. The molecule has 4 aliphatic carbocycles. The molecule has 0 aliphatic heterocycles. The molecule has 4 bridgehead atoms. The molecule has 4 saturated carbocycles. The van der Waals surface area contributed by atoms with Crippen LogP contribution in [0.5, 0.6) is 11.5 Å². The first kappa shape index (κ1) is 18.2. The molecule has 2 amide bonds. The highest BCUT2D eigenvalue weighted by Gasteiger charge is 2.54. The Kier molecular flexibility index (Phi) is 4.53. The van der Waals surface area contributed by atoms with E-state index in [1.807, 2.05) is 30.3 Å². The predicted octanol–water partition coefficient (Wildman–Crippen LogP) is 4.46. The topological polar surface area (TPSA) is 67.4 Å². The van der Waals surface area contributed by atoms with Crippen molar-refractivity contribution in [1.82, 2.24) is 10.9 Å². The normalized spacial score (nSPS) is 29.3. The van der Waals surface area contributed by atoms with Crippen LogP contribution in [0.3, 0.4) is 0 Å². The van der Waals surface area contributed by atoms with E-state index >= 15 is 0 Å². The third kappa shape index (κ3) is 3.61. The van der Waals surface area contributed by atoms with Crippen molar-refractivity contribution < 1.29 is 14.3 Å². The second-order valence-corrected chi connectivity index (χ2v) is 9.05. The van der Waals surface area contributed by atoms with Crippen molar-refractivity contribution in [2.75, 3.05) is 0 Å². The molecular weight excluding hydrogens is 364 g/mol. The number of rotatable bonds is 4. The van der Waals surface area contributed by atoms with Gasteiger partial charge in [0.15, 0.2) is 0 Å². The van der Waals surface area contributed by atoms with Gasteiger partial charge < -0.3 is 4.74 Å². The summed E-state index contributed by atoms with van der Waals surface area (Å²) >= 11 is 0. The van der Waals surface area contributed by atoms with Crippen LogP contribution in [-0.2, 0) is 4.79 Å². The maximum atomic E-state index is 12.9. The molecule has 0 unspecified atom stereocenters. The highest BCUT2D eigenvalue weighted by atomic mass is 16.5. The average Bonchev–Trinajstić information content (AvgIpc) is 2.72. The van der Waals surface area contributed by atoms with Gasteiger partial charge in [0.25, 0.3) is 5.91 Å². The lowest BCUT2D eigenvalue weighted by Crippen LogP contribution is -2.56. The highest BCUT2D eigenvalue weighted by Crippen LogP contribution is 2.60. The Morgan fingerprint density at radius 3 is 1.90 bits per heavy atom. The fraction of sp³-hybridized carbons (Fsp3) is 0.417. The molecule has 0 spiro atoms. The van der Waals surface area contributed by atoms with Crippen molar-refractivity contribution in [1.29, 1.82) is 0 Å². The van der Waals surface area contributed by atoms with Crippen LogP contribution in [-0.4, -0.2) is 11.8 Å². The van der Waals surface area contributed by atoms with E-state index in [1.54, 1.807) is 24.3 Å². The molecule has 2 N–H and O–H groups in total. The molecule has 0 aromatic heterocycles. The first-order valence-electron chi connectivity index (χ1n) is 10.5. The van der Waals surface area contributed by atoms with Gasteiger partial charge in [-0.3, -0.25) is 20.4 Å². The van der Waals surface area contributed by atoms with Crippen molar-refractivity contribution in [3.8, 4) is 11.5 Å². The zero-order valence-corrected chi connectivity index (χ0v) is 16.4. The fourth-order valence-electron chi connectivity index (χ4n) is 6.01. The van der Waals surface area contributed by atoms with Crippen LogP contribution < -0.4 is 15.6 Å². The Bertz CT molecular complexity index is 872. The van der Waals surface area contributed by atoms with Crippen LogP contribution in [0.25, 0.3) is 0 Å². The van der Waals surface area contributed by atoms with E-state index in [0.29, 0.717) is 29.1 Å². The molecule has 4 fully saturated rings. The number of nitrogens with one attached hydrogen (secondary N) is 2. The van der Waals surface area contributed by atoms with Crippen LogP contribution in [0.15, 0.2) is 54.6 Å². The zero-order chi connectivity index (χ0) is 19.8. The van der Waals surface area contributed by atoms with Gasteiger partial charge >= 0.3 is 0 Å². The van der Waals surface area contributed by atoms with Gasteiger partial charge in [0.05, 0.1) is 5.41 Å². The van der Waals surface area contributed by atoms with Gasteiger partial charge in [-0.05, 0) is 92.7 Å². The lowest BCUT2D eigenvalue weighted by Gasteiger charge is -2.55. The quantitative estimate of drug-likeness (QED) is 0.758. The van der Waals surface area contributed by atoms with Gasteiger partial charge in [0.1, 0.15) is 11.5 Å². The standard InChI is InChI=1S/C24H26N2O3/c27-22(19-6-8-21(9-7-19)29-20-4-2-1-3-5-20)25-26-23(28)24-13-16-10-17(14-24)12-18(11-16)15-24/h1-9,16-18H,10-15H2,(H,25,27)(H,26,28). The number of carbonyl (C=O) groups excluding carboxylic acids is 2. The fourth-order valence-corrected chi connectivity index (χ4v) is 6.01. The molecule has 29 heavy (non-hydrogen) atoms. The van der Waals surface area contributed by atoms with Crippen LogP contribution >= 0.6 is 0 Å². The van der Waals surface area contributed by atoms with E-state index in [4.69, 9.17) is 4.74 Å². The Labute approximate surface area is 170 Å². The smallest absolute Gasteiger partial charge is 0.269 e. The largest absolute Gasteiger partial charge is 0.457 e. The Morgan fingerprint density at radius 1 is 0.759 bits per heavy atom. The molecular formula is C24H26N2O3. The number of carbonyl (C=O) groups is 2. The second-order valence-electron chi connectivity index (χ2n) is 9.05.